The van der Waals surface area contributed by atoms with E-state index in [2.05, 4.69) is 5.32 Å². The van der Waals surface area contributed by atoms with Crippen molar-refractivity contribution in [3.8, 4) is 0 Å². The number of amides is 1. The predicted molar refractivity (Wildman–Crippen MR) is 71.1 cm³/mol. The van der Waals surface area contributed by atoms with Crippen LogP contribution in [0.5, 0.6) is 0 Å². The van der Waals surface area contributed by atoms with E-state index in [4.69, 9.17) is 11.6 Å². The Balaban J connectivity index is 2.69. The van der Waals surface area contributed by atoms with Gasteiger partial charge in [-0.05, 0) is 38.6 Å². The molecule has 0 aliphatic heterocycles. The zero-order chi connectivity index (χ0) is 13.1. The van der Waals surface area contributed by atoms with Crippen molar-refractivity contribution in [1.82, 2.24) is 10.2 Å². The standard InChI is InChI=1S/C13H19ClN2O/c1-13(2,15-3)12(17)16(4)9-10-5-7-11(14)8-6-10/h5-8,15H,9H2,1-4H3. The van der Waals surface area contributed by atoms with E-state index in [1.54, 1.807) is 19.0 Å². The Bertz CT molecular complexity index is 387. The summed E-state index contributed by atoms with van der Waals surface area (Å²) in [6.45, 7) is 4.32. The van der Waals surface area contributed by atoms with Crippen LogP contribution in [0.3, 0.4) is 0 Å². The minimum atomic E-state index is -0.541. The van der Waals surface area contributed by atoms with Gasteiger partial charge in [0.15, 0.2) is 0 Å². The van der Waals surface area contributed by atoms with Crippen molar-refractivity contribution in [1.29, 1.82) is 0 Å². The molecule has 1 aromatic carbocycles. The number of benzene rings is 1. The molecule has 0 heterocycles. The number of carbonyl (C=O) groups is 1. The van der Waals surface area contributed by atoms with Crippen LogP contribution in [0.4, 0.5) is 0 Å². The molecule has 0 spiro atoms. The van der Waals surface area contributed by atoms with Crippen molar-refractivity contribution in [2.45, 2.75) is 25.9 Å². The third-order valence-electron chi connectivity index (χ3n) is 2.84. The average Bonchev–Trinajstić information content (AvgIpc) is 2.31. The number of likely N-dealkylation sites (N-methyl/N-ethyl adjacent to an activating group) is 2. The maximum atomic E-state index is 12.1. The maximum absolute atomic E-state index is 12.1. The van der Waals surface area contributed by atoms with Crippen LogP contribution in [0.25, 0.3) is 0 Å². The van der Waals surface area contributed by atoms with E-state index in [9.17, 15) is 4.79 Å². The quantitative estimate of drug-likeness (QED) is 0.894. The molecule has 1 amide bonds. The zero-order valence-corrected chi connectivity index (χ0v) is 11.5. The fourth-order valence-electron chi connectivity index (χ4n) is 1.52. The second-order valence-electron chi connectivity index (χ2n) is 4.66. The van der Waals surface area contributed by atoms with Gasteiger partial charge < -0.3 is 10.2 Å². The first-order valence-corrected chi connectivity index (χ1v) is 5.93. The summed E-state index contributed by atoms with van der Waals surface area (Å²) in [7, 11) is 3.59. The van der Waals surface area contributed by atoms with Gasteiger partial charge in [0.05, 0.1) is 5.54 Å². The molecule has 1 rings (SSSR count). The van der Waals surface area contributed by atoms with Gasteiger partial charge in [-0.1, -0.05) is 23.7 Å². The zero-order valence-electron chi connectivity index (χ0n) is 10.7. The van der Waals surface area contributed by atoms with E-state index in [0.717, 1.165) is 5.56 Å². The Morgan fingerprint density at radius 3 is 2.35 bits per heavy atom. The molecular weight excluding hydrogens is 236 g/mol. The topological polar surface area (TPSA) is 32.3 Å². The Morgan fingerprint density at radius 2 is 1.88 bits per heavy atom. The average molecular weight is 255 g/mol. The summed E-state index contributed by atoms with van der Waals surface area (Å²) < 4.78 is 0. The normalized spacial score (nSPS) is 11.4. The first kappa shape index (κ1) is 14.0. The molecule has 4 heteroatoms. The van der Waals surface area contributed by atoms with E-state index in [-0.39, 0.29) is 5.91 Å². The number of hydrogen-bond donors (Lipinski definition) is 1. The van der Waals surface area contributed by atoms with Gasteiger partial charge in [-0.25, -0.2) is 0 Å². The third-order valence-corrected chi connectivity index (χ3v) is 3.09. The van der Waals surface area contributed by atoms with Crippen molar-refractivity contribution >= 4 is 17.5 Å². The molecule has 17 heavy (non-hydrogen) atoms. The lowest BCUT2D eigenvalue weighted by Gasteiger charge is -2.29. The van der Waals surface area contributed by atoms with Gasteiger partial charge in [0.1, 0.15) is 0 Å². The van der Waals surface area contributed by atoms with Crippen LogP contribution in [0.1, 0.15) is 19.4 Å². The number of halogens is 1. The van der Waals surface area contributed by atoms with Crippen LogP contribution in [0.15, 0.2) is 24.3 Å². The van der Waals surface area contributed by atoms with Gasteiger partial charge in [0.25, 0.3) is 0 Å². The molecule has 1 N–H and O–H groups in total. The highest BCUT2D eigenvalue weighted by atomic mass is 35.5. The highest BCUT2D eigenvalue weighted by Crippen LogP contribution is 2.13. The summed E-state index contributed by atoms with van der Waals surface area (Å²) in [4.78, 5) is 13.8. The molecule has 3 nitrogen and oxygen atoms in total. The van der Waals surface area contributed by atoms with E-state index < -0.39 is 5.54 Å². The smallest absolute Gasteiger partial charge is 0.242 e. The fraction of sp³-hybridized carbons (Fsp3) is 0.462. The number of rotatable bonds is 4. The Kier molecular flexibility index (Phi) is 4.54. The van der Waals surface area contributed by atoms with Crippen molar-refractivity contribution < 1.29 is 4.79 Å². The van der Waals surface area contributed by atoms with Crippen LogP contribution < -0.4 is 5.32 Å². The van der Waals surface area contributed by atoms with Crippen LogP contribution in [-0.4, -0.2) is 30.4 Å². The van der Waals surface area contributed by atoms with Crippen LogP contribution in [0.2, 0.25) is 5.02 Å². The summed E-state index contributed by atoms with van der Waals surface area (Å²) in [5.74, 6) is 0.0648. The van der Waals surface area contributed by atoms with Gasteiger partial charge in [-0.15, -0.1) is 0 Å². The number of carbonyl (C=O) groups excluding carboxylic acids is 1. The van der Waals surface area contributed by atoms with Gasteiger partial charge in [-0.3, -0.25) is 4.79 Å². The van der Waals surface area contributed by atoms with Gasteiger partial charge in [0.2, 0.25) is 5.91 Å². The Hall–Kier alpha value is -1.06. The van der Waals surface area contributed by atoms with E-state index in [0.29, 0.717) is 11.6 Å². The van der Waals surface area contributed by atoms with Gasteiger partial charge in [-0.2, -0.15) is 0 Å². The monoisotopic (exact) mass is 254 g/mol. The second-order valence-corrected chi connectivity index (χ2v) is 5.10. The fourth-order valence-corrected chi connectivity index (χ4v) is 1.65. The Labute approximate surface area is 108 Å². The van der Waals surface area contributed by atoms with E-state index >= 15 is 0 Å². The molecule has 0 fully saturated rings. The van der Waals surface area contributed by atoms with Crippen molar-refractivity contribution in [2.24, 2.45) is 0 Å². The largest absolute Gasteiger partial charge is 0.340 e. The van der Waals surface area contributed by atoms with Gasteiger partial charge >= 0.3 is 0 Å². The molecule has 94 valence electrons. The van der Waals surface area contributed by atoms with E-state index in [1.807, 2.05) is 38.1 Å². The van der Waals surface area contributed by atoms with Crippen molar-refractivity contribution in [2.75, 3.05) is 14.1 Å². The minimum Gasteiger partial charge on any atom is -0.340 e. The number of hydrogen-bond acceptors (Lipinski definition) is 2. The summed E-state index contributed by atoms with van der Waals surface area (Å²) in [6.07, 6.45) is 0. The molecule has 1 aromatic rings. The van der Waals surface area contributed by atoms with Crippen molar-refractivity contribution in [3.63, 3.8) is 0 Å². The van der Waals surface area contributed by atoms with Crippen LogP contribution >= 0.6 is 11.6 Å². The molecule has 0 saturated heterocycles. The molecule has 0 radical (unpaired) electrons. The van der Waals surface area contributed by atoms with E-state index in [1.165, 1.54) is 0 Å². The highest BCUT2D eigenvalue weighted by Gasteiger charge is 2.28. The molecule has 0 aliphatic rings. The van der Waals surface area contributed by atoms with Gasteiger partial charge in [0, 0.05) is 18.6 Å². The first-order valence-electron chi connectivity index (χ1n) is 5.56. The predicted octanol–water partition coefficient (Wildman–Crippen LogP) is 2.30. The molecular formula is C13H19ClN2O. The first-order chi connectivity index (χ1) is 7.86. The lowest BCUT2D eigenvalue weighted by atomic mass is 10.0. The Morgan fingerprint density at radius 1 is 1.35 bits per heavy atom. The summed E-state index contributed by atoms with van der Waals surface area (Å²) in [5.41, 5.74) is 0.526. The molecule has 0 bridgehead atoms. The molecule has 0 saturated carbocycles. The summed E-state index contributed by atoms with van der Waals surface area (Å²) in [6, 6.07) is 7.52. The number of nitrogens with one attached hydrogen (secondary N) is 1. The highest BCUT2D eigenvalue weighted by molar-refractivity contribution is 6.30. The molecule has 0 atom stereocenters. The molecule has 0 unspecified atom stereocenters. The number of nitrogens with zero attached hydrogens (tertiary/aromatic N) is 1. The SMILES string of the molecule is CNC(C)(C)C(=O)N(C)Cc1ccc(Cl)cc1. The molecule has 0 aromatic heterocycles. The second kappa shape index (κ2) is 5.52. The maximum Gasteiger partial charge on any atom is 0.242 e. The minimum absolute atomic E-state index is 0.0648. The van der Waals surface area contributed by atoms with Crippen LogP contribution in [0, 0.1) is 0 Å². The lowest BCUT2D eigenvalue weighted by Crippen LogP contribution is -2.51. The summed E-state index contributed by atoms with van der Waals surface area (Å²) in [5, 5.41) is 3.71. The third kappa shape index (κ3) is 3.72. The lowest BCUT2D eigenvalue weighted by molar-refractivity contribution is -0.136. The summed E-state index contributed by atoms with van der Waals surface area (Å²) >= 11 is 5.82. The molecule has 0 aliphatic carbocycles. The van der Waals surface area contributed by atoms with Crippen molar-refractivity contribution in [3.05, 3.63) is 34.9 Å². The van der Waals surface area contributed by atoms with Crippen LogP contribution in [-0.2, 0) is 11.3 Å².